The van der Waals surface area contributed by atoms with Crippen LogP contribution in [-0.2, 0) is 6.54 Å². The first-order chi connectivity index (χ1) is 10.2. The number of nitrogens with zero attached hydrogens (tertiary/aromatic N) is 3. The molecular weight excluding hydrogens is 266 g/mol. The predicted molar refractivity (Wildman–Crippen MR) is 83.1 cm³/mol. The maximum atomic E-state index is 6.07. The topological polar surface area (TPSA) is 86.0 Å². The van der Waals surface area contributed by atoms with Gasteiger partial charge in [-0.1, -0.05) is 13.3 Å². The van der Waals surface area contributed by atoms with E-state index < -0.39 is 0 Å². The molecule has 2 aromatic heterocycles. The summed E-state index contributed by atoms with van der Waals surface area (Å²) >= 11 is 0. The number of unbranched alkanes of at least 4 members (excludes halogenated alkanes) is 1. The number of hydrogen-bond donors (Lipinski definition) is 2. The zero-order valence-electron chi connectivity index (χ0n) is 12.5. The van der Waals surface area contributed by atoms with E-state index in [2.05, 4.69) is 27.2 Å². The molecule has 6 nitrogen and oxygen atoms in total. The molecule has 0 aliphatic heterocycles. The van der Waals surface area contributed by atoms with Gasteiger partial charge in [-0.15, -0.1) is 0 Å². The van der Waals surface area contributed by atoms with Gasteiger partial charge in [0.25, 0.3) is 0 Å². The van der Waals surface area contributed by atoms with E-state index in [9.17, 15) is 0 Å². The van der Waals surface area contributed by atoms with Gasteiger partial charge >= 0.3 is 0 Å². The summed E-state index contributed by atoms with van der Waals surface area (Å²) < 4.78 is 5.62. The van der Waals surface area contributed by atoms with E-state index >= 15 is 0 Å². The summed E-state index contributed by atoms with van der Waals surface area (Å²) in [6, 6.07) is 3.88. The van der Waals surface area contributed by atoms with E-state index in [1.165, 1.54) is 0 Å². The van der Waals surface area contributed by atoms with E-state index in [0.717, 1.165) is 18.4 Å². The Morgan fingerprint density at radius 2 is 2.00 bits per heavy atom. The Morgan fingerprint density at radius 3 is 2.71 bits per heavy atom. The minimum Gasteiger partial charge on any atom is -0.476 e. The van der Waals surface area contributed by atoms with Gasteiger partial charge in [0.05, 0.1) is 6.61 Å². The van der Waals surface area contributed by atoms with E-state index in [0.29, 0.717) is 36.4 Å². The highest BCUT2D eigenvalue weighted by molar-refractivity contribution is 5.66. The first-order valence-corrected chi connectivity index (χ1v) is 7.10. The highest BCUT2D eigenvalue weighted by Gasteiger charge is 2.11. The third-order valence-corrected chi connectivity index (χ3v) is 2.97. The summed E-state index contributed by atoms with van der Waals surface area (Å²) in [4.78, 5) is 12.6. The van der Waals surface area contributed by atoms with Gasteiger partial charge in [0.2, 0.25) is 5.88 Å². The molecule has 0 aliphatic carbocycles. The number of nitrogen functional groups attached to an aromatic ring is 1. The molecule has 0 fully saturated rings. The molecular formula is C15H21N5O. The van der Waals surface area contributed by atoms with Crippen LogP contribution in [-0.4, -0.2) is 21.6 Å². The molecule has 2 heterocycles. The summed E-state index contributed by atoms with van der Waals surface area (Å²) in [5, 5.41) is 3.22. The van der Waals surface area contributed by atoms with Crippen LogP contribution in [0.3, 0.4) is 0 Å². The molecule has 0 unspecified atom stereocenters. The molecule has 0 spiro atoms. The molecule has 0 aromatic carbocycles. The smallest absolute Gasteiger partial charge is 0.242 e. The van der Waals surface area contributed by atoms with Gasteiger partial charge in [-0.3, -0.25) is 4.98 Å². The van der Waals surface area contributed by atoms with Crippen LogP contribution in [0.2, 0.25) is 0 Å². The molecule has 6 heteroatoms. The Balaban J connectivity index is 2.08. The molecule has 0 atom stereocenters. The Labute approximate surface area is 124 Å². The number of aryl methyl sites for hydroxylation is 1. The standard InChI is InChI=1S/C15H21N5O/c1-3-4-9-21-15-13(16)14(19-11(2)20-15)18-10-12-5-7-17-8-6-12/h5-8H,3-4,9-10,16H2,1-2H3,(H,18,19,20). The van der Waals surface area contributed by atoms with Crippen molar-refractivity contribution in [1.29, 1.82) is 0 Å². The van der Waals surface area contributed by atoms with Crippen molar-refractivity contribution in [3.8, 4) is 5.88 Å². The lowest BCUT2D eigenvalue weighted by atomic mass is 10.2. The van der Waals surface area contributed by atoms with Gasteiger partial charge in [-0.2, -0.15) is 4.98 Å². The van der Waals surface area contributed by atoms with Crippen LogP contribution in [0.4, 0.5) is 11.5 Å². The zero-order valence-corrected chi connectivity index (χ0v) is 12.5. The second-order valence-corrected chi connectivity index (χ2v) is 4.75. The van der Waals surface area contributed by atoms with Crippen LogP contribution < -0.4 is 15.8 Å². The molecule has 112 valence electrons. The molecule has 0 bridgehead atoms. The number of anilines is 2. The van der Waals surface area contributed by atoms with Crippen molar-refractivity contribution in [2.75, 3.05) is 17.7 Å². The van der Waals surface area contributed by atoms with Crippen LogP contribution in [0, 0.1) is 6.92 Å². The number of aromatic nitrogens is 3. The Bertz CT molecular complexity index is 574. The number of ether oxygens (including phenoxy) is 1. The largest absolute Gasteiger partial charge is 0.476 e. The summed E-state index contributed by atoms with van der Waals surface area (Å²) in [5.41, 5.74) is 7.63. The fourth-order valence-corrected chi connectivity index (χ4v) is 1.80. The highest BCUT2D eigenvalue weighted by Crippen LogP contribution is 2.26. The molecule has 0 saturated heterocycles. The number of rotatable bonds is 7. The summed E-state index contributed by atoms with van der Waals surface area (Å²) in [5.74, 6) is 1.69. The molecule has 0 saturated carbocycles. The van der Waals surface area contributed by atoms with Gasteiger partial charge in [0, 0.05) is 18.9 Å². The molecule has 0 radical (unpaired) electrons. The monoisotopic (exact) mass is 287 g/mol. The van der Waals surface area contributed by atoms with Crippen LogP contribution in [0.5, 0.6) is 5.88 Å². The second kappa shape index (κ2) is 7.42. The van der Waals surface area contributed by atoms with Crippen molar-refractivity contribution in [1.82, 2.24) is 15.0 Å². The fraction of sp³-hybridized carbons (Fsp3) is 0.400. The van der Waals surface area contributed by atoms with Crippen LogP contribution in [0.25, 0.3) is 0 Å². The average Bonchev–Trinajstić information content (AvgIpc) is 2.50. The van der Waals surface area contributed by atoms with E-state index in [1.54, 1.807) is 12.4 Å². The summed E-state index contributed by atoms with van der Waals surface area (Å²) in [7, 11) is 0. The van der Waals surface area contributed by atoms with Crippen molar-refractivity contribution in [3.05, 3.63) is 35.9 Å². The Morgan fingerprint density at radius 1 is 1.24 bits per heavy atom. The lowest BCUT2D eigenvalue weighted by molar-refractivity contribution is 0.298. The molecule has 0 aliphatic rings. The molecule has 2 rings (SSSR count). The summed E-state index contributed by atoms with van der Waals surface area (Å²) in [6.07, 6.45) is 5.55. The SMILES string of the molecule is CCCCOc1nc(C)nc(NCc2ccncc2)c1N. The number of nitrogens with one attached hydrogen (secondary N) is 1. The number of pyridine rings is 1. The Kier molecular flexibility index (Phi) is 5.31. The minimum atomic E-state index is 0.450. The minimum absolute atomic E-state index is 0.450. The van der Waals surface area contributed by atoms with Crippen molar-refractivity contribution in [2.24, 2.45) is 0 Å². The fourth-order valence-electron chi connectivity index (χ4n) is 1.80. The quantitative estimate of drug-likeness (QED) is 0.761. The van der Waals surface area contributed by atoms with Gasteiger partial charge in [0.1, 0.15) is 11.5 Å². The van der Waals surface area contributed by atoms with E-state index in [4.69, 9.17) is 10.5 Å². The molecule has 2 aromatic rings. The van der Waals surface area contributed by atoms with Crippen LogP contribution in [0.1, 0.15) is 31.2 Å². The number of nitrogens with two attached hydrogens (primary N) is 1. The maximum absolute atomic E-state index is 6.07. The van der Waals surface area contributed by atoms with Crippen molar-refractivity contribution >= 4 is 11.5 Å². The third-order valence-electron chi connectivity index (χ3n) is 2.97. The van der Waals surface area contributed by atoms with Crippen molar-refractivity contribution in [3.63, 3.8) is 0 Å². The normalized spacial score (nSPS) is 10.4. The Hall–Kier alpha value is -2.37. The number of hydrogen-bond acceptors (Lipinski definition) is 6. The maximum Gasteiger partial charge on any atom is 0.242 e. The molecule has 0 amide bonds. The van der Waals surface area contributed by atoms with Crippen molar-refractivity contribution in [2.45, 2.75) is 33.2 Å². The van der Waals surface area contributed by atoms with Gasteiger partial charge < -0.3 is 15.8 Å². The molecule has 3 N–H and O–H groups in total. The average molecular weight is 287 g/mol. The van der Waals surface area contributed by atoms with E-state index in [-0.39, 0.29) is 0 Å². The van der Waals surface area contributed by atoms with Crippen molar-refractivity contribution < 1.29 is 4.74 Å². The third kappa shape index (κ3) is 4.30. The van der Waals surface area contributed by atoms with Gasteiger partial charge in [-0.05, 0) is 31.0 Å². The first-order valence-electron chi connectivity index (χ1n) is 7.10. The predicted octanol–water partition coefficient (Wildman–Crippen LogP) is 2.55. The van der Waals surface area contributed by atoms with E-state index in [1.807, 2.05) is 19.1 Å². The van der Waals surface area contributed by atoms with Gasteiger partial charge in [-0.25, -0.2) is 4.98 Å². The van der Waals surface area contributed by atoms with Crippen LogP contribution in [0.15, 0.2) is 24.5 Å². The lowest BCUT2D eigenvalue weighted by Crippen LogP contribution is -2.10. The zero-order chi connectivity index (χ0) is 15.1. The molecule has 21 heavy (non-hydrogen) atoms. The van der Waals surface area contributed by atoms with Crippen LogP contribution >= 0.6 is 0 Å². The first kappa shape index (κ1) is 15.0. The van der Waals surface area contributed by atoms with Gasteiger partial charge in [0.15, 0.2) is 5.82 Å². The highest BCUT2D eigenvalue weighted by atomic mass is 16.5. The lowest BCUT2D eigenvalue weighted by Gasteiger charge is -2.13. The second-order valence-electron chi connectivity index (χ2n) is 4.75. The summed E-state index contributed by atoms with van der Waals surface area (Å²) in [6.45, 7) is 5.17.